The van der Waals surface area contributed by atoms with Crippen LogP contribution in [0.1, 0.15) is 20.3 Å². The van der Waals surface area contributed by atoms with E-state index in [0.717, 1.165) is 13.0 Å². The Morgan fingerprint density at radius 2 is 2.00 bits per heavy atom. The Balaban J connectivity index is 0. The molecule has 16 heavy (non-hydrogen) atoms. The maximum Gasteiger partial charge on any atom is -1.00 e. The van der Waals surface area contributed by atoms with Gasteiger partial charge >= 0.3 is 100 Å². The van der Waals surface area contributed by atoms with Crippen molar-refractivity contribution in [2.45, 2.75) is 38.9 Å². The average Bonchev–Trinajstić information content (AvgIpc) is 2.50. The summed E-state index contributed by atoms with van der Waals surface area (Å²) >= 11 is 2.24. The van der Waals surface area contributed by atoms with Crippen LogP contribution in [0.15, 0.2) is 21.6 Å². The number of allylic oxidation sites excluding steroid dienone is 4. The summed E-state index contributed by atoms with van der Waals surface area (Å²) in [5.41, 5.74) is 2.14. The normalized spacial score (nSPS) is 16.9. The Kier molecular flexibility index (Phi) is 9.80. The van der Waals surface area contributed by atoms with Crippen LogP contribution in [-0.2, 0) is 24.9 Å². The van der Waals surface area contributed by atoms with E-state index in [1.165, 1.54) is 9.45 Å². The molecule has 91 valence electrons. The maximum atomic E-state index is 5.92. The molecule has 0 bridgehead atoms. The molecule has 0 amide bonds. The molecule has 1 nitrogen and oxygen atoms in total. The molecule has 1 aliphatic rings. The fourth-order valence-corrected chi connectivity index (χ4v) is 4.69. The molecule has 0 saturated carbocycles. The first-order chi connectivity index (χ1) is 6.49. The van der Waals surface area contributed by atoms with Gasteiger partial charge in [0.2, 0.25) is 0 Å². The topological polar surface area (TPSA) is 9.23 Å². The molecule has 0 radical (unpaired) electrons. The Bertz CT molecular complexity index is 277. The van der Waals surface area contributed by atoms with Gasteiger partial charge < -0.3 is 24.8 Å². The van der Waals surface area contributed by atoms with E-state index in [1.54, 1.807) is 0 Å². The van der Waals surface area contributed by atoms with Crippen molar-refractivity contribution in [3.8, 4) is 0 Å². The average molecular weight is 314 g/mol. The van der Waals surface area contributed by atoms with Crippen molar-refractivity contribution in [3.63, 3.8) is 0 Å². The van der Waals surface area contributed by atoms with Crippen molar-refractivity contribution in [3.05, 3.63) is 21.6 Å². The fraction of sp³-hybridized carbons (Fsp3) is 0.636. The molecule has 1 rings (SSSR count). The Morgan fingerprint density at radius 3 is 2.38 bits per heavy atom. The zero-order valence-corrected chi connectivity index (χ0v) is 14.4. The molecule has 0 heterocycles. The van der Waals surface area contributed by atoms with Crippen LogP contribution >= 0.6 is 0 Å². The predicted molar refractivity (Wildman–Crippen MR) is 59.3 cm³/mol. The Hall–Kier alpha value is 0.951. The van der Waals surface area contributed by atoms with Gasteiger partial charge in [-0.2, -0.15) is 0 Å². The summed E-state index contributed by atoms with van der Waals surface area (Å²) in [7, 11) is -1.52. The zero-order valence-electron chi connectivity index (χ0n) is 10.3. The van der Waals surface area contributed by atoms with Gasteiger partial charge in [-0.3, -0.25) is 0 Å². The molecule has 0 aliphatic heterocycles. The fourth-order valence-electron chi connectivity index (χ4n) is 1.80. The predicted octanol–water partition coefficient (Wildman–Crippen LogP) is -2.61. The van der Waals surface area contributed by atoms with Crippen molar-refractivity contribution in [1.82, 2.24) is 0 Å². The number of hydrogen-bond donors (Lipinski definition) is 0. The first-order valence-corrected chi connectivity index (χ1v) is 9.00. The van der Waals surface area contributed by atoms with E-state index in [2.05, 4.69) is 59.5 Å². The smallest absolute Gasteiger partial charge is 1.00 e. The molecular formula is C11H19Cl2OSiTi. The van der Waals surface area contributed by atoms with Crippen LogP contribution < -0.4 is 24.8 Å². The van der Waals surface area contributed by atoms with E-state index in [0.29, 0.717) is 5.54 Å². The van der Waals surface area contributed by atoms with Gasteiger partial charge in [0.15, 0.2) is 0 Å². The molecule has 0 fully saturated rings. The van der Waals surface area contributed by atoms with Gasteiger partial charge in [-0.05, 0) is 0 Å². The minimum atomic E-state index is -1.52. The van der Waals surface area contributed by atoms with Crippen LogP contribution in [0.4, 0.5) is 0 Å². The SMILES string of the molecule is CCO[Si](C)(C)C(C)C1=[C]([Ti+2])CC=C1.[Cl-].[Cl-]. The van der Waals surface area contributed by atoms with Crippen molar-refractivity contribution in [2.75, 3.05) is 6.61 Å². The first kappa shape index (κ1) is 19.3. The van der Waals surface area contributed by atoms with Gasteiger partial charge in [0.25, 0.3) is 0 Å². The van der Waals surface area contributed by atoms with Crippen LogP contribution in [0.2, 0.25) is 18.6 Å². The number of hydrogen-bond acceptors (Lipinski definition) is 1. The second-order valence-electron chi connectivity index (χ2n) is 4.30. The van der Waals surface area contributed by atoms with Crippen LogP contribution in [0, 0.1) is 0 Å². The van der Waals surface area contributed by atoms with Crippen molar-refractivity contribution >= 4 is 8.32 Å². The molecule has 0 aromatic rings. The van der Waals surface area contributed by atoms with Crippen LogP contribution in [-0.4, -0.2) is 14.9 Å². The van der Waals surface area contributed by atoms with Gasteiger partial charge in [0, 0.05) is 0 Å². The van der Waals surface area contributed by atoms with Crippen LogP contribution in [0.5, 0.6) is 0 Å². The van der Waals surface area contributed by atoms with Crippen molar-refractivity contribution < 1.29 is 49.7 Å². The molecule has 1 aliphatic carbocycles. The van der Waals surface area contributed by atoms with E-state index in [9.17, 15) is 0 Å². The third-order valence-electron chi connectivity index (χ3n) is 2.99. The van der Waals surface area contributed by atoms with Gasteiger partial charge in [0.05, 0.1) is 0 Å². The maximum absolute atomic E-state index is 5.92. The van der Waals surface area contributed by atoms with Gasteiger partial charge in [-0.25, -0.2) is 0 Å². The monoisotopic (exact) mass is 313 g/mol. The molecular weight excluding hydrogens is 295 g/mol. The third-order valence-corrected chi connectivity index (χ3v) is 7.19. The van der Waals surface area contributed by atoms with E-state index in [1.807, 2.05) is 0 Å². The summed E-state index contributed by atoms with van der Waals surface area (Å²) < 4.78 is 7.45. The van der Waals surface area contributed by atoms with Gasteiger partial charge in [0.1, 0.15) is 0 Å². The zero-order chi connectivity index (χ0) is 10.8. The molecule has 0 spiro atoms. The first-order valence-electron chi connectivity index (χ1n) is 5.24. The summed E-state index contributed by atoms with van der Waals surface area (Å²) in [6.07, 6.45) is 5.68. The van der Waals surface area contributed by atoms with E-state index in [4.69, 9.17) is 4.43 Å². The van der Waals surface area contributed by atoms with E-state index < -0.39 is 8.32 Å². The molecule has 0 saturated heterocycles. The summed E-state index contributed by atoms with van der Waals surface area (Å²) in [6, 6.07) is 0. The van der Waals surface area contributed by atoms with Gasteiger partial charge in [-0.1, -0.05) is 0 Å². The molecule has 0 aromatic carbocycles. The minimum Gasteiger partial charge on any atom is -1.00 e. The van der Waals surface area contributed by atoms with E-state index in [-0.39, 0.29) is 24.8 Å². The quantitative estimate of drug-likeness (QED) is 0.517. The van der Waals surface area contributed by atoms with Crippen molar-refractivity contribution in [1.29, 1.82) is 0 Å². The van der Waals surface area contributed by atoms with Crippen LogP contribution in [0.25, 0.3) is 0 Å². The standard InChI is InChI=1S/C11H19OSi.2ClH.Ti/c1-5-12-13(3,4)10(2)11-8-6-7-9-11;;;/h6,8,10H,5,7H2,1-4H3;2*1H;/q;;;+2/p-2. The Labute approximate surface area is 124 Å². The second-order valence-corrected chi connectivity index (χ2v) is 9.60. The van der Waals surface area contributed by atoms with Crippen LogP contribution in [0.3, 0.4) is 0 Å². The second kappa shape index (κ2) is 8.12. The molecule has 1 atom stereocenters. The largest absolute Gasteiger partial charge is 1.00 e. The Morgan fingerprint density at radius 1 is 1.44 bits per heavy atom. The summed E-state index contributed by atoms with van der Waals surface area (Å²) in [5.74, 6) is 0. The number of rotatable bonds is 4. The summed E-state index contributed by atoms with van der Waals surface area (Å²) in [5, 5.41) is 0. The molecule has 0 N–H and O–H groups in total. The minimum absolute atomic E-state index is 0. The third kappa shape index (κ3) is 4.67. The van der Waals surface area contributed by atoms with E-state index >= 15 is 0 Å². The van der Waals surface area contributed by atoms with Gasteiger partial charge in [-0.15, -0.1) is 0 Å². The molecule has 1 unspecified atom stereocenters. The molecule has 5 heteroatoms. The summed E-state index contributed by atoms with van der Waals surface area (Å²) in [4.78, 5) is 0. The molecule has 0 aromatic heterocycles. The van der Waals surface area contributed by atoms with Crippen molar-refractivity contribution in [2.24, 2.45) is 0 Å². The summed E-state index contributed by atoms with van der Waals surface area (Å²) in [6.45, 7) is 9.88. The number of halogens is 2.